The van der Waals surface area contributed by atoms with Gasteiger partial charge < -0.3 is 10.6 Å². The summed E-state index contributed by atoms with van der Waals surface area (Å²) >= 11 is 0. The van der Waals surface area contributed by atoms with Crippen LogP contribution < -0.4 is 5.73 Å². The number of nitrogens with zero attached hydrogens (tertiary/aromatic N) is 1. The number of carbonyl (C=O) groups excluding carboxylic acids is 1. The molecule has 7 heteroatoms. The Labute approximate surface area is 93.8 Å². The zero-order valence-corrected chi connectivity index (χ0v) is 8.51. The van der Waals surface area contributed by atoms with Crippen LogP contribution >= 0.6 is 0 Å². The van der Waals surface area contributed by atoms with E-state index >= 15 is 0 Å². The van der Waals surface area contributed by atoms with Crippen LogP contribution in [0.5, 0.6) is 0 Å². The second-order valence-electron chi connectivity index (χ2n) is 3.87. The molecular formula is C10H8F4N2O. The Balaban J connectivity index is 2.24. The molecule has 1 aliphatic heterocycles. The molecule has 0 unspecified atom stereocenters. The minimum Gasteiger partial charge on any atom is -0.396 e. The molecule has 0 saturated carbocycles. The standard InChI is InChI=1S/C10H8F4N2O/c11-6-2-7(12)8(15)1-5(6)9(17)16-3-10(13,14)4-16/h1-2H,3-4,15H2. The number of anilines is 1. The maximum absolute atomic E-state index is 13.3. The first-order valence-electron chi connectivity index (χ1n) is 4.72. The van der Waals surface area contributed by atoms with Gasteiger partial charge in [0, 0.05) is 6.07 Å². The molecule has 0 bridgehead atoms. The fourth-order valence-corrected chi connectivity index (χ4v) is 1.56. The maximum Gasteiger partial charge on any atom is 0.282 e. The molecular weight excluding hydrogens is 240 g/mol. The third kappa shape index (κ3) is 2.04. The van der Waals surface area contributed by atoms with Crippen LogP contribution in [0.1, 0.15) is 10.4 Å². The summed E-state index contributed by atoms with van der Waals surface area (Å²) in [6.45, 7) is -1.52. The molecule has 0 atom stereocenters. The van der Waals surface area contributed by atoms with E-state index in [-0.39, 0.29) is 0 Å². The molecule has 0 aromatic heterocycles. The minimum absolute atomic E-state index is 0.401. The Morgan fingerprint density at radius 1 is 1.24 bits per heavy atom. The van der Waals surface area contributed by atoms with E-state index < -0.39 is 47.8 Å². The molecule has 1 heterocycles. The molecule has 17 heavy (non-hydrogen) atoms. The smallest absolute Gasteiger partial charge is 0.282 e. The van der Waals surface area contributed by atoms with E-state index in [0.717, 1.165) is 11.0 Å². The first-order valence-corrected chi connectivity index (χ1v) is 4.72. The number of nitrogen functional groups attached to an aromatic ring is 1. The summed E-state index contributed by atoms with van der Waals surface area (Å²) in [5, 5.41) is 0. The van der Waals surface area contributed by atoms with Crippen molar-refractivity contribution in [1.82, 2.24) is 4.90 Å². The lowest BCUT2D eigenvalue weighted by Gasteiger charge is -2.38. The summed E-state index contributed by atoms with van der Waals surface area (Å²) in [4.78, 5) is 12.3. The van der Waals surface area contributed by atoms with Crippen molar-refractivity contribution in [2.24, 2.45) is 0 Å². The number of halogens is 4. The quantitative estimate of drug-likeness (QED) is 0.606. The van der Waals surface area contributed by atoms with Crippen molar-refractivity contribution < 1.29 is 22.4 Å². The highest BCUT2D eigenvalue weighted by molar-refractivity contribution is 5.96. The van der Waals surface area contributed by atoms with Gasteiger partial charge in [0.1, 0.15) is 11.6 Å². The third-order valence-electron chi connectivity index (χ3n) is 2.45. The van der Waals surface area contributed by atoms with Crippen LogP contribution in [0.25, 0.3) is 0 Å². The number of hydrogen-bond acceptors (Lipinski definition) is 2. The second kappa shape index (κ2) is 3.61. The van der Waals surface area contributed by atoms with Crippen molar-refractivity contribution in [1.29, 1.82) is 0 Å². The second-order valence-corrected chi connectivity index (χ2v) is 3.87. The van der Waals surface area contributed by atoms with Gasteiger partial charge in [-0.1, -0.05) is 0 Å². The molecule has 0 aliphatic carbocycles. The highest BCUT2D eigenvalue weighted by Crippen LogP contribution is 2.29. The first kappa shape index (κ1) is 11.7. The van der Waals surface area contributed by atoms with Crippen LogP contribution in [0, 0.1) is 11.6 Å². The predicted molar refractivity (Wildman–Crippen MR) is 51.6 cm³/mol. The van der Waals surface area contributed by atoms with E-state index in [0.29, 0.717) is 6.07 Å². The number of nitrogens with two attached hydrogens (primary N) is 1. The molecule has 1 amide bonds. The predicted octanol–water partition coefficient (Wildman–Crippen LogP) is 1.64. The largest absolute Gasteiger partial charge is 0.396 e. The maximum atomic E-state index is 13.3. The van der Waals surface area contributed by atoms with Gasteiger partial charge >= 0.3 is 0 Å². The fraction of sp³-hybridized carbons (Fsp3) is 0.300. The zero-order chi connectivity index (χ0) is 12.8. The van der Waals surface area contributed by atoms with Crippen LogP contribution in [0.4, 0.5) is 23.2 Å². The van der Waals surface area contributed by atoms with Crippen molar-refractivity contribution in [2.45, 2.75) is 5.92 Å². The van der Waals surface area contributed by atoms with E-state index in [4.69, 9.17) is 5.73 Å². The van der Waals surface area contributed by atoms with E-state index in [2.05, 4.69) is 0 Å². The van der Waals surface area contributed by atoms with Gasteiger partial charge in [-0.3, -0.25) is 4.79 Å². The van der Waals surface area contributed by atoms with E-state index in [1.165, 1.54) is 0 Å². The van der Waals surface area contributed by atoms with Gasteiger partial charge in [-0.15, -0.1) is 0 Å². The molecule has 1 fully saturated rings. The molecule has 1 aliphatic rings. The monoisotopic (exact) mass is 248 g/mol. The minimum atomic E-state index is -2.93. The summed E-state index contributed by atoms with van der Waals surface area (Å²) in [5.41, 5.74) is 4.28. The molecule has 1 aromatic carbocycles. The Kier molecular flexibility index (Phi) is 2.48. The van der Waals surface area contributed by atoms with Gasteiger partial charge in [-0.25, -0.2) is 17.6 Å². The van der Waals surface area contributed by atoms with Crippen molar-refractivity contribution in [3.05, 3.63) is 29.3 Å². The van der Waals surface area contributed by atoms with Crippen molar-refractivity contribution in [3.63, 3.8) is 0 Å². The number of hydrogen-bond donors (Lipinski definition) is 1. The SMILES string of the molecule is Nc1cc(C(=O)N2CC(F)(F)C2)c(F)cc1F. The Morgan fingerprint density at radius 2 is 1.82 bits per heavy atom. The molecule has 2 rings (SSSR count). The van der Waals surface area contributed by atoms with Crippen LogP contribution in [-0.4, -0.2) is 29.8 Å². The van der Waals surface area contributed by atoms with Crippen molar-refractivity contribution in [2.75, 3.05) is 18.8 Å². The number of benzene rings is 1. The normalized spacial score (nSPS) is 17.8. The van der Waals surface area contributed by atoms with Gasteiger partial charge in [0.05, 0.1) is 24.3 Å². The Bertz CT molecular complexity index is 481. The topological polar surface area (TPSA) is 46.3 Å². The summed E-state index contributed by atoms with van der Waals surface area (Å²) in [7, 11) is 0. The lowest BCUT2D eigenvalue weighted by molar-refractivity contribution is -0.113. The Morgan fingerprint density at radius 3 is 2.35 bits per heavy atom. The van der Waals surface area contributed by atoms with Crippen LogP contribution in [0.15, 0.2) is 12.1 Å². The average molecular weight is 248 g/mol. The van der Waals surface area contributed by atoms with Gasteiger partial charge in [0.15, 0.2) is 0 Å². The number of likely N-dealkylation sites (tertiary alicyclic amines) is 1. The average Bonchev–Trinajstić information content (AvgIpc) is 2.19. The summed E-state index contributed by atoms with van der Waals surface area (Å²) in [6, 6.07) is 1.27. The van der Waals surface area contributed by atoms with Gasteiger partial charge in [-0.2, -0.15) is 0 Å². The fourth-order valence-electron chi connectivity index (χ4n) is 1.56. The summed E-state index contributed by atoms with van der Waals surface area (Å²) in [5.74, 6) is -5.96. The van der Waals surface area contributed by atoms with Gasteiger partial charge in [0.2, 0.25) is 0 Å². The summed E-state index contributed by atoms with van der Waals surface area (Å²) < 4.78 is 51.2. The van der Waals surface area contributed by atoms with Gasteiger partial charge in [-0.05, 0) is 6.07 Å². The van der Waals surface area contributed by atoms with Crippen molar-refractivity contribution in [3.8, 4) is 0 Å². The highest BCUT2D eigenvalue weighted by Gasteiger charge is 2.46. The van der Waals surface area contributed by atoms with E-state index in [1.807, 2.05) is 0 Å². The van der Waals surface area contributed by atoms with Crippen molar-refractivity contribution >= 4 is 11.6 Å². The van der Waals surface area contributed by atoms with E-state index in [9.17, 15) is 22.4 Å². The molecule has 2 N–H and O–H groups in total. The van der Waals surface area contributed by atoms with E-state index in [1.54, 1.807) is 0 Å². The first-order chi connectivity index (χ1) is 7.80. The molecule has 1 saturated heterocycles. The lowest BCUT2D eigenvalue weighted by Crippen LogP contribution is -2.58. The third-order valence-corrected chi connectivity index (χ3v) is 2.45. The molecule has 0 spiro atoms. The molecule has 1 aromatic rings. The lowest BCUT2D eigenvalue weighted by atomic mass is 10.1. The highest BCUT2D eigenvalue weighted by atomic mass is 19.3. The van der Waals surface area contributed by atoms with Crippen LogP contribution in [0.2, 0.25) is 0 Å². The number of rotatable bonds is 1. The van der Waals surface area contributed by atoms with Crippen LogP contribution in [-0.2, 0) is 0 Å². The molecule has 3 nitrogen and oxygen atoms in total. The number of carbonyl (C=O) groups is 1. The summed E-state index contributed by atoms with van der Waals surface area (Å²) in [6.07, 6.45) is 0. The zero-order valence-electron chi connectivity index (χ0n) is 8.51. The van der Waals surface area contributed by atoms with Crippen LogP contribution in [0.3, 0.4) is 0 Å². The Hall–Kier alpha value is -1.79. The molecule has 92 valence electrons. The molecule has 0 radical (unpaired) electrons. The number of alkyl halides is 2. The number of amides is 1. The van der Waals surface area contributed by atoms with Gasteiger partial charge in [0.25, 0.3) is 11.8 Å².